The van der Waals surface area contributed by atoms with Gasteiger partial charge < -0.3 is 5.32 Å². The molecule has 3 rings (SSSR count). The van der Waals surface area contributed by atoms with Crippen LogP contribution in [0.4, 0.5) is 16.2 Å². The van der Waals surface area contributed by atoms with E-state index < -0.39 is 44.8 Å². The summed E-state index contributed by atoms with van der Waals surface area (Å²) in [4.78, 5) is 56.8. The summed E-state index contributed by atoms with van der Waals surface area (Å²) in [6.07, 6.45) is 0.621. The molecule has 1 aliphatic rings. The number of carbonyl (C=O) groups excluding carboxylic acids is 3. The van der Waals surface area contributed by atoms with Crippen molar-refractivity contribution in [1.29, 1.82) is 0 Å². The second-order valence-electron chi connectivity index (χ2n) is 5.90. The lowest BCUT2D eigenvalue weighted by Gasteiger charge is -2.22. The number of carbonyl (C=O) groups is 3. The zero-order valence-electron chi connectivity index (χ0n) is 14.0. The maximum absolute atomic E-state index is 12.2. The summed E-state index contributed by atoms with van der Waals surface area (Å²) in [5.74, 6) is -1.04. The van der Waals surface area contributed by atoms with Crippen molar-refractivity contribution >= 4 is 40.4 Å². The van der Waals surface area contributed by atoms with Crippen molar-refractivity contribution < 1.29 is 24.2 Å². The Kier molecular flexibility index (Phi) is 5.13. The number of thiophene rings is 1. The van der Waals surface area contributed by atoms with Crippen LogP contribution in [0, 0.1) is 20.2 Å². The van der Waals surface area contributed by atoms with E-state index in [1.165, 1.54) is 11.3 Å². The number of ketones is 1. The number of nitrogens with zero attached hydrogens (tertiary/aromatic N) is 2. The zero-order chi connectivity index (χ0) is 20.4. The number of hydrogen-bond donors (Lipinski definition) is 2. The van der Waals surface area contributed by atoms with Gasteiger partial charge in [0.1, 0.15) is 0 Å². The van der Waals surface area contributed by atoms with E-state index in [0.717, 1.165) is 12.1 Å². The Morgan fingerprint density at radius 1 is 1.11 bits per heavy atom. The Morgan fingerprint density at radius 3 is 2.36 bits per heavy atom. The minimum absolute atomic E-state index is 0.0107. The van der Waals surface area contributed by atoms with Crippen LogP contribution in [0.1, 0.15) is 44.5 Å². The molecule has 0 saturated carbocycles. The van der Waals surface area contributed by atoms with Crippen molar-refractivity contribution in [1.82, 2.24) is 10.6 Å². The van der Waals surface area contributed by atoms with Gasteiger partial charge in [0.05, 0.1) is 32.4 Å². The SMILES string of the molecule is O=C(NC(=O)c1cc([N+](=O)[O-])cc([N+](=O)[O-])c1)NC1CCC(=O)c2sccc21. The molecule has 0 saturated heterocycles. The molecule has 0 aliphatic heterocycles. The van der Waals surface area contributed by atoms with Crippen molar-refractivity contribution in [3.05, 3.63) is 65.9 Å². The number of nitrogens with one attached hydrogen (secondary N) is 2. The third kappa shape index (κ3) is 3.86. The van der Waals surface area contributed by atoms with E-state index in [4.69, 9.17) is 0 Å². The highest BCUT2D eigenvalue weighted by atomic mass is 32.1. The maximum Gasteiger partial charge on any atom is 0.322 e. The number of imide groups is 1. The van der Waals surface area contributed by atoms with Crippen molar-refractivity contribution in [2.75, 3.05) is 0 Å². The van der Waals surface area contributed by atoms with Gasteiger partial charge in [0.25, 0.3) is 17.3 Å². The van der Waals surface area contributed by atoms with Gasteiger partial charge in [-0.05, 0) is 23.4 Å². The Labute approximate surface area is 160 Å². The topological polar surface area (TPSA) is 162 Å². The van der Waals surface area contributed by atoms with Gasteiger partial charge in [-0.1, -0.05) is 0 Å². The van der Waals surface area contributed by atoms with E-state index in [1.54, 1.807) is 11.4 Å². The average Bonchev–Trinajstić information content (AvgIpc) is 3.14. The van der Waals surface area contributed by atoms with Gasteiger partial charge in [-0.15, -0.1) is 11.3 Å². The summed E-state index contributed by atoms with van der Waals surface area (Å²) in [6, 6.07) is 2.77. The number of nitro groups is 2. The van der Waals surface area contributed by atoms with E-state index in [2.05, 4.69) is 5.32 Å². The van der Waals surface area contributed by atoms with Crippen molar-refractivity contribution in [3.63, 3.8) is 0 Å². The molecule has 28 heavy (non-hydrogen) atoms. The van der Waals surface area contributed by atoms with Crippen LogP contribution in [-0.2, 0) is 0 Å². The van der Waals surface area contributed by atoms with E-state index in [0.29, 0.717) is 22.9 Å². The van der Waals surface area contributed by atoms with Gasteiger partial charge in [0, 0.05) is 18.6 Å². The van der Waals surface area contributed by atoms with Crippen LogP contribution in [0.25, 0.3) is 0 Å². The van der Waals surface area contributed by atoms with E-state index in [1.807, 2.05) is 5.32 Å². The molecule has 144 valence electrons. The molecule has 0 radical (unpaired) electrons. The van der Waals surface area contributed by atoms with Gasteiger partial charge in [0.15, 0.2) is 5.78 Å². The van der Waals surface area contributed by atoms with Gasteiger partial charge >= 0.3 is 6.03 Å². The van der Waals surface area contributed by atoms with E-state index >= 15 is 0 Å². The van der Waals surface area contributed by atoms with Crippen LogP contribution in [-0.4, -0.2) is 27.6 Å². The van der Waals surface area contributed by atoms with Crippen LogP contribution in [0.2, 0.25) is 0 Å². The second kappa shape index (κ2) is 7.52. The van der Waals surface area contributed by atoms with E-state index in [9.17, 15) is 34.6 Å². The molecule has 1 heterocycles. The van der Waals surface area contributed by atoms with Crippen LogP contribution in [0.3, 0.4) is 0 Å². The Balaban J connectivity index is 1.74. The lowest BCUT2D eigenvalue weighted by Crippen LogP contribution is -2.42. The second-order valence-corrected chi connectivity index (χ2v) is 6.82. The predicted octanol–water partition coefficient (Wildman–Crippen LogP) is 2.72. The molecule has 1 aromatic heterocycles. The molecule has 1 aliphatic carbocycles. The molecule has 0 spiro atoms. The van der Waals surface area contributed by atoms with Crippen LogP contribution in [0.5, 0.6) is 0 Å². The molecule has 12 heteroatoms. The number of non-ortho nitro benzene ring substituents is 2. The van der Waals surface area contributed by atoms with Gasteiger partial charge in [-0.25, -0.2) is 4.79 Å². The smallest absolute Gasteiger partial charge is 0.322 e. The summed E-state index contributed by atoms with van der Waals surface area (Å²) >= 11 is 1.27. The molecule has 0 fully saturated rings. The van der Waals surface area contributed by atoms with Gasteiger partial charge in [-0.2, -0.15) is 0 Å². The molecule has 1 atom stereocenters. The predicted molar refractivity (Wildman–Crippen MR) is 96.4 cm³/mol. The lowest BCUT2D eigenvalue weighted by atomic mass is 9.93. The summed E-state index contributed by atoms with van der Waals surface area (Å²) < 4.78 is 0. The van der Waals surface area contributed by atoms with Crippen LogP contribution < -0.4 is 10.6 Å². The molecule has 0 bridgehead atoms. The first kappa shape index (κ1) is 19.1. The maximum atomic E-state index is 12.2. The largest absolute Gasteiger partial charge is 0.331 e. The highest BCUT2D eigenvalue weighted by Gasteiger charge is 2.28. The van der Waals surface area contributed by atoms with Crippen LogP contribution in [0.15, 0.2) is 29.6 Å². The average molecular weight is 404 g/mol. The van der Waals surface area contributed by atoms with Crippen molar-refractivity contribution in [2.45, 2.75) is 18.9 Å². The highest BCUT2D eigenvalue weighted by molar-refractivity contribution is 7.12. The molecule has 3 amide bonds. The number of nitro benzene ring substituents is 2. The summed E-state index contributed by atoms with van der Waals surface area (Å²) in [6.45, 7) is 0. The summed E-state index contributed by atoms with van der Waals surface area (Å²) in [5, 5.41) is 28.1. The number of urea groups is 1. The first-order chi connectivity index (χ1) is 13.3. The zero-order valence-corrected chi connectivity index (χ0v) is 14.9. The quantitative estimate of drug-likeness (QED) is 0.584. The number of benzene rings is 1. The van der Waals surface area contributed by atoms with Crippen molar-refractivity contribution in [2.24, 2.45) is 0 Å². The first-order valence-electron chi connectivity index (χ1n) is 7.92. The molecule has 2 aromatic rings. The standard InChI is InChI=1S/C16H12N4O7S/c21-13-2-1-12(11-3-4-28-14(11)13)17-16(23)18-15(22)8-5-9(19(24)25)7-10(6-8)20(26)27/h3-7,12H,1-2H2,(H2,17,18,22,23). The molecular weight excluding hydrogens is 392 g/mol. The highest BCUT2D eigenvalue weighted by Crippen LogP contribution is 2.33. The molecular formula is C16H12N4O7S. The summed E-state index contributed by atoms with van der Waals surface area (Å²) in [7, 11) is 0. The Morgan fingerprint density at radius 2 is 1.75 bits per heavy atom. The number of Topliss-reactive ketones (excluding diaryl/α,β-unsaturated/α-hetero) is 1. The molecule has 2 N–H and O–H groups in total. The fourth-order valence-corrected chi connectivity index (χ4v) is 3.75. The third-order valence-electron chi connectivity index (χ3n) is 4.10. The minimum atomic E-state index is -1.03. The number of hydrogen-bond acceptors (Lipinski definition) is 8. The first-order valence-corrected chi connectivity index (χ1v) is 8.80. The molecule has 1 aromatic carbocycles. The summed E-state index contributed by atoms with van der Waals surface area (Å²) in [5.41, 5.74) is -1.03. The Hall–Kier alpha value is -3.67. The Bertz CT molecular complexity index is 984. The van der Waals surface area contributed by atoms with Crippen LogP contribution >= 0.6 is 11.3 Å². The number of rotatable bonds is 4. The third-order valence-corrected chi connectivity index (χ3v) is 5.07. The van der Waals surface area contributed by atoms with Gasteiger partial charge in [-0.3, -0.25) is 35.1 Å². The van der Waals surface area contributed by atoms with Gasteiger partial charge in [0.2, 0.25) is 0 Å². The number of amides is 3. The molecule has 11 nitrogen and oxygen atoms in total. The molecule has 1 unspecified atom stereocenters. The van der Waals surface area contributed by atoms with Crippen molar-refractivity contribution in [3.8, 4) is 0 Å². The fourth-order valence-electron chi connectivity index (χ4n) is 2.82. The normalized spacial score (nSPS) is 15.4. The fraction of sp³-hybridized carbons (Fsp3) is 0.188. The minimum Gasteiger partial charge on any atom is -0.331 e. The monoisotopic (exact) mass is 404 g/mol. The van der Waals surface area contributed by atoms with E-state index in [-0.39, 0.29) is 12.2 Å². The number of fused-ring (bicyclic) bond motifs is 1. The lowest BCUT2D eigenvalue weighted by molar-refractivity contribution is -0.394.